The Kier molecular flexibility index (Phi) is 5.67. The number of hydrogen-bond donors (Lipinski definition) is 1. The predicted molar refractivity (Wildman–Crippen MR) is 114 cm³/mol. The van der Waals surface area contributed by atoms with Gasteiger partial charge in [0.25, 0.3) is 5.69 Å². The first-order chi connectivity index (χ1) is 14.7. The van der Waals surface area contributed by atoms with Crippen molar-refractivity contribution in [2.24, 2.45) is 0 Å². The Morgan fingerprint density at radius 2 is 2.03 bits per heavy atom. The topological polar surface area (TPSA) is 124 Å². The van der Waals surface area contributed by atoms with E-state index >= 15 is 0 Å². The van der Waals surface area contributed by atoms with Crippen molar-refractivity contribution in [3.8, 4) is 5.69 Å². The average molecular weight is 465 g/mol. The van der Waals surface area contributed by atoms with E-state index in [4.69, 9.17) is 0 Å². The van der Waals surface area contributed by atoms with Crippen molar-refractivity contribution in [1.82, 2.24) is 14.9 Å². The highest BCUT2D eigenvalue weighted by molar-refractivity contribution is 7.99. The van der Waals surface area contributed by atoms with Gasteiger partial charge in [0, 0.05) is 23.9 Å². The average Bonchev–Trinajstić information content (AvgIpc) is 3.25. The van der Waals surface area contributed by atoms with Crippen LogP contribution in [0.4, 0.5) is 10.1 Å². The van der Waals surface area contributed by atoms with Crippen LogP contribution in [-0.2, 0) is 14.6 Å². The van der Waals surface area contributed by atoms with Gasteiger partial charge in [-0.2, -0.15) is 0 Å². The summed E-state index contributed by atoms with van der Waals surface area (Å²) in [7, 11) is -3.11. The van der Waals surface area contributed by atoms with Crippen molar-refractivity contribution in [2.75, 3.05) is 17.3 Å². The fourth-order valence-corrected chi connectivity index (χ4v) is 5.92. The number of nitro groups is 1. The Balaban J connectivity index is 1.61. The second kappa shape index (κ2) is 8.27. The Morgan fingerprint density at radius 1 is 1.29 bits per heavy atom. The summed E-state index contributed by atoms with van der Waals surface area (Å²) in [5, 5.41) is 14.2. The number of hydrogen-bond acceptors (Lipinski definition) is 7. The number of halogens is 1. The molecular weight excluding hydrogens is 447 g/mol. The van der Waals surface area contributed by atoms with Crippen molar-refractivity contribution >= 4 is 44.2 Å². The molecule has 2 aromatic carbocycles. The summed E-state index contributed by atoms with van der Waals surface area (Å²) in [6, 6.07) is 9.50. The molecule has 0 radical (unpaired) electrons. The lowest BCUT2D eigenvalue weighted by Crippen LogP contribution is -2.36. The molecule has 1 saturated heterocycles. The van der Waals surface area contributed by atoms with E-state index in [2.05, 4.69) is 10.3 Å². The number of carbonyl (C=O) groups is 1. The Hall–Kier alpha value is -2.99. The molecule has 12 heteroatoms. The maximum absolute atomic E-state index is 13.4. The molecule has 0 spiro atoms. The molecule has 1 amide bonds. The van der Waals surface area contributed by atoms with Gasteiger partial charge in [-0.05, 0) is 36.8 Å². The molecule has 162 valence electrons. The molecule has 1 atom stereocenters. The van der Waals surface area contributed by atoms with Crippen molar-refractivity contribution < 1.29 is 22.5 Å². The largest absolute Gasteiger partial charge is 0.352 e. The van der Waals surface area contributed by atoms with Gasteiger partial charge in [-0.1, -0.05) is 11.8 Å². The first-order valence-corrected chi connectivity index (χ1v) is 12.1. The van der Waals surface area contributed by atoms with Crippen LogP contribution in [-0.4, -0.2) is 52.1 Å². The molecule has 1 fully saturated rings. The van der Waals surface area contributed by atoms with Crippen LogP contribution >= 0.6 is 11.8 Å². The number of nitrogens with one attached hydrogen (secondary N) is 1. The van der Waals surface area contributed by atoms with E-state index in [9.17, 15) is 27.7 Å². The van der Waals surface area contributed by atoms with Gasteiger partial charge >= 0.3 is 0 Å². The SMILES string of the molecule is O=C(CSc1nc2cc([N+](=O)[O-])ccc2n1-c1ccc(F)cc1)N[C@H]1CCS(=O)(=O)C1. The molecule has 1 aliphatic heterocycles. The summed E-state index contributed by atoms with van der Waals surface area (Å²) in [6.07, 6.45) is 0.385. The van der Waals surface area contributed by atoms with Crippen molar-refractivity contribution in [2.45, 2.75) is 17.6 Å². The quantitative estimate of drug-likeness (QED) is 0.338. The van der Waals surface area contributed by atoms with E-state index in [1.165, 1.54) is 24.3 Å². The number of aromatic nitrogens is 2. The minimum atomic E-state index is -3.11. The molecule has 3 aromatic rings. The lowest BCUT2D eigenvalue weighted by atomic mass is 10.2. The molecule has 1 N–H and O–H groups in total. The van der Waals surface area contributed by atoms with Gasteiger partial charge in [0.15, 0.2) is 15.0 Å². The lowest BCUT2D eigenvalue weighted by molar-refractivity contribution is -0.384. The van der Waals surface area contributed by atoms with Crippen LogP contribution in [0.15, 0.2) is 47.6 Å². The van der Waals surface area contributed by atoms with E-state index < -0.39 is 26.6 Å². The van der Waals surface area contributed by atoms with Crippen LogP contribution < -0.4 is 5.32 Å². The summed E-state index contributed by atoms with van der Waals surface area (Å²) >= 11 is 1.10. The molecule has 31 heavy (non-hydrogen) atoms. The highest BCUT2D eigenvalue weighted by Gasteiger charge is 2.29. The molecule has 0 aliphatic carbocycles. The van der Waals surface area contributed by atoms with Gasteiger partial charge < -0.3 is 5.32 Å². The number of fused-ring (bicyclic) bond motifs is 1. The summed E-state index contributed by atoms with van der Waals surface area (Å²) in [5.74, 6) is -0.783. The molecular formula is C19H17FN4O5S2. The van der Waals surface area contributed by atoms with Gasteiger partial charge in [-0.15, -0.1) is 0 Å². The number of non-ortho nitro benzene ring substituents is 1. The minimum Gasteiger partial charge on any atom is -0.352 e. The number of thioether (sulfide) groups is 1. The number of nitrogens with zero attached hydrogens (tertiary/aromatic N) is 3. The Bertz CT molecular complexity index is 1270. The summed E-state index contributed by atoms with van der Waals surface area (Å²) < 4.78 is 38.2. The maximum Gasteiger partial charge on any atom is 0.271 e. The van der Waals surface area contributed by atoms with Crippen LogP contribution in [0.3, 0.4) is 0 Å². The normalized spacial score (nSPS) is 17.6. The van der Waals surface area contributed by atoms with E-state index in [0.29, 0.717) is 28.3 Å². The third-order valence-corrected chi connectivity index (χ3v) is 7.54. The first kappa shape index (κ1) is 21.2. The van der Waals surface area contributed by atoms with Crippen LogP contribution in [0, 0.1) is 15.9 Å². The predicted octanol–water partition coefficient (Wildman–Crippen LogP) is 2.47. The third-order valence-electron chi connectivity index (χ3n) is 4.83. The summed E-state index contributed by atoms with van der Waals surface area (Å²) in [4.78, 5) is 27.3. The second-order valence-electron chi connectivity index (χ2n) is 7.09. The second-order valence-corrected chi connectivity index (χ2v) is 10.3. The maximum atomic E-state index is 13.4. The van der Waals surface area contributed by atoms with Gasteiger partial charge in [0.2, 0.25) is 5.91 Å². The monoisotopic (exact) mass is 464 g/mol. The summed E-state index contributed by atoms with van der Waals surface area (Å²) in [6.45, 7) is 0. The van der Waals surface area contributed by atoms with Gasteiger partial charge in [-0.3, -0.25) is 19.5 Å². The molecule has 9 nitrogen and oxygen atoms in total. The molecule has 2 heterocycles. The van der Waals surface area contributed by atoms with Crippen molar-refractivity contribution in [3.05, 3.63) is 58.4 Å². The van der Waals surface area contributed by atoms with E-state index in [1.54, 1.807) is 22.8 Å². The van der Waals surface area contributed by atoms with Crippen LogP contribution in [0.25, 0.3) is 16.7 Å². The lowest BCUT2D eigenvalue weighted by Gasteiger charge is -2.11. The van der Waals surface area contributed by atoms with Crippen molar-refractivity contribution in [3.63, 3.8) is 0 Å². The van der Waals surface area contributed by atoms with Crippen LogP contribution in [0.5, 0.6) is 0 Å². The zero-order chi connectivity index (χ0) is 22.2. The van der Waals surface area contributed by atoms with Crippen LogP contribution in [0.1, 0.15) is 6.42 Å². The fourth-order valence-electron chi connectivity index (χ4n) is 3.40. The highest BCUT2D eigenvalue weighted by atomic mass is 32.2. The Morgan fingerprint density at radius 3 is 2.68 bits per heavy atom. The van der Waals surface area contributed by atoms with Gasteiger partial charge in [0.1, 0.15) is 5.82 Å². The molecule has 0 bridgehead atoms. The number of benzene rings is 2. The van der Waals surface area contributed by atoms with Gasteiger partial charge in [-0.25, -0.2) is 17.8 Å². The standard InChI is InChI=1S/C19H17FN4O5S2/c20-12-1-3-14(4-2-12)23-17-6-5-15(24(26)27)9-16(17)22-19(23)30-10-18(25)21-13-7-8-31(28,29)11-13/h1-6,9,13H,7-8,10-11H2,(H,21,25)/t13-/m0/s1. The number of rotatable bonds is 6. The number of sulfone groups is 1. The first-order valence-electron chi connectivity index (χ1n) is 9.27. The Labute approximate surface area is 180 Å². The molecule has 1 aliphatic rings. The molecule has 4 rings (SSSR count). The van der Waals surface area contributed by atoms with Gasteiger partial charge in [0.05, 0.1) is 33.2 Å². The van der Waals surface area contributed by atoms with Crippen molar-refractivity contribution in [1.29, 1.82) is 0 Å². The van der Waals surface area contributed by atoms with E-state index in [1.807, 2.05) is 0 Å². The number of nitro benzene ring substituents is 1. The molecule has 0 unspecified atom stereocenters. The zero-order valence-corrected chi connectivity index (χ0v) is 17.7. The fraction of sp³-hybridized carbons (Fsp3) is 0.263. The third kappa shape index (κ3) is 4.69. The summed E-state index contributed by atoms with van der Waals surface area (Å²) in [5.41, 5.74) is 1.40. The van der Waals surface area contributed by atoms with E-state index in [0.717, 1.165) is 11.8 Å². The zero-order valence-electron chi connectivity index (χ0n) is 16.0. The molecule has 1 aromatic heterocycles. The smallest absolute Gasteiger partial charge is 0.271 e. The number of carbonyl (C=O) groups excluding carboxylic acids is 1. The minimum absolute atomic E-state index is 0.0246. The van der Waals surface area contributed by atoms with Crippen LogP contribution in [0.2, 0.25) is 0 Å². The number of amides is 1. The van der Waals surface area contributed by atoms with E-state index in [-0.39, 0.29) is 28.9 Å². The highest BCUT2D eigenvalue weighted by Crippen LogP contribution is 2.30. The molecule has 0 saturated carbocycles. The number of imidazole rings is 1.